The van der Waals surface area contributed by atoms with Crippen molar-refractivity contribution in [3.63, 3.8) is 0 Å². The Morgan fingerprint density at radius 3 is 0.969 bits per heavy atom. The Morgan fingerprint density at radius 2 is 0.688 bits per heavy atom. The molecule has 1 aromatic carbocycles. The van der Waals surface area contributed by atoms with Gasteiger partial charge < -0.3 is 0 Å². The Bertz CT molecular complexity index is 815. The molecule has 18 heteroatoms. The van der Waals surface area contributed by atoms with Crippen molar-refractivity contribution in [1.82, 2.24) is 0 Å². The molecule has 0 atom stereocenters. The fourth-order valence-corrected chi connectivity index (χ4v) is 2.31. The van der Waals surface area contributed by atoms with Gasteiger partial charge in [-0.25, -0.2) is 0 Å². The molecule has 0 aliphatic rings. The van der Waals surface area contributed by atoms with Crippen LogP contribution in [0.15, 0.2) is 24.3 Å². The van der Waals surface area contributed by atoms with Crippen LogP contribution in [0.4, 0.5) is 74.6 Å². The van der Waals surface area contributed by atoms with E-state index in [1.165, 1.54) is 0 Å². The Labute approximate surface area is 178 Å². The highest BCUT2D eigenvalue weighted by Gasteiger charge is 2.90. The van der Waals surface area contributed by atoms with Gasteiger partial charge in [0, 0.05) is 33.7 Å². The molecule has 0 aromatic heterocycles. The summed E-state index contributed by atoms with van der Waals surface area (Å²) in [6.45, 7) is 0. The second-order valence-corrected chi connectivity index (χ2v) is 7.37. The Hall–Kier alpha value is -1.24. The number of hydrogen-bond donors (Lipinski definition) is 0. The van der Waals surface area contributed by atoms with Crippen LogP contribution in [-0.4, -0.2) is 33.8 Å². The van der Waals surface area contributed by atoms with E-state index in [2.05, 4.69) is 0 Å². The lowest BCUT2D eigenvalue weighted by Gasteiger charge is -2.39. The van der Waals surface area contributed by atoms with Gasteiger partial charge in [-0.1, -0.05) is 24.3 Å². The van der Waals surface area contributed by atoms with Crippen molar-refractivity contribution < 1.29 is 74.6 Å². The summed E-state index contributed by atoms with van der Waals surface area (Å²) < 4.78 is 217. The van der Waals surface area contributed by atoms with E-state index in [9.17, 15) is 74.6 Å². The van der Waals surface area contributed by atoms with Crippen molar-refractivity contribution in [3.8, 4) is 0 Å². The van der Waals surface area contributed by atoms with Crippen LogP contribution in [0.5, 0.6) is 0 Å². The summed E-state index contributed by atoms with van der Waals surface area (Å²) in [5.41, 5.74) is -4.41. The maximum absolute atomic E-state index is 13.9. The lowest BCUT2D eigenvalue weighted by atomic mass is 9.90. The molecule has 0 heterocycles. The van der Waals surface area contributed by atoms with Crippen LogP contribution in [0.25, 0.3) is 0 Å². The molecule has 186 valence electrons. The number of benzene rings is 1. The van der Waals surface area contributed by atoms with Gasteiger partial charge >= 0.3 is 45.6 Å². The van der Waals surface area contributed by atoms with Gasteiger partial charge in [0.25, 0.3) is 0 Å². The number of halogens is 18. The zero-order valence-electron chi connectivity index (χ0n) is 14.1. The molecule has 1 rings (SSSR count). The summed E-state index contributed by atoms with van der Waals surface area (Å²) in [6.07, 6.45) is -7.58. The molecule has 0 unspecified atom stereocenters. The van der Waals surface area contributed by atoms with Gasteiger partial charge in [0.05, 0.1) is 0 Å². The van der Waals surface area contributed by atoms with Crippen LogP contribution in [0, 0.1) is 0 Å². The zero-order chi connectivity index (χ0) is 26.0. The van der Waals surface area contributed by atoms with Gasteiger partial charge in [-0.2, -0.15) is 74.6 Å². The predicted molar refractivity (Wildman–Crippen MR) is 79.0 cm³/mol. The first-order valence-electron chi connectivity index (χ1n) is 7.22. The SMILES string of the molecule is FC(F)(F)C(F)(F)C(F)(F)C(F)(F)C(F)(F)C(F)(F)c1ccc(C(F)(F)C(F)(F)I)cc1. The first-order valence-corrected chi connectivity index (χ1v) is 8.30. The average Bonchev–Trinajstić information content (AvgIpc) is 2.59. The monoisotopic (exact) mass is 622 g/mol. The molecule has 0 bridgehead atoms. The van der Waals surface area contributed by atoms with E-state index >= 15 is 0 Å². The first kappa shape index (κ1) is 28.8. The van der Waals surface area contributed by atoms with Gasteiger partial charge in [-0.3, -0.25) is 0 Å². The molecule has 0 radical (unpaired) electrons. The van der Waals surface area contributed by atoms with E-state index in [4.69, 9.17) is 0 Å². The quantitative estimate of drug-likeness (QED) is 0.164. The predicted octanol–water partition coefficient (Wildman–Crippen LogP) is 8.00. The number of rotatable bonds is 7. The minimum absolute atomic E-state index is 0.103. The van der Waals surface area contributed by atoms with Gasteiger partial charge in [0.15, 0.2) is 0 Å². The van der Waals surface area contributed by atoms with Crippen molar-refractivity contribution >= 4 is 22.6 Å². The Morgan fingerprint density at radius 1 is 0.406 bits per heavy atom. The summed E-state index contributed by atoms with van der Waals surface area (Å²) in [6, 6.07) is -2.11. The van der Waals surface area contributed by atoms with Crippen molar-refractivity contribution in [2.24, 2.45) is 0 Å². The lowest BCUT2D eigenvalue weighted by Crippen LogP contribution is -2.69. The van der Waals surface area contributed by atoms with Crippen LogP contribution in [0.3, 0.4) is 0 Å². The van der Waals surface area contributed by atoms with Crippen LogP contribution in [0.1, 0.15) is 11.1 Å². The van der Waals surface area contributed by atoms with E-state index in [1.54, 1.807) is 0 Å². The van der Waals surface area contributed by atoms with E-state index in [-0.39, 0.29) is 22.6 Å². The molecule has 0 amide bonds. The second kappa shape index (κ2) is 7.64. The summed E-state index contributed by atoms with van der Waals surface area (Å²) >= 11 is -0.103. The molecule has 1 aromatic rings. The molecular formula is C14H4F17I. The fraction of sp³-hybridized carbons (Fsp3) is 0.571. The van der Waals surface area contributed by atoms with Crippen LogP contribution < -0.4 is 0 Å². The fourth-order valence-electron chi connectivity index (χ4n) is 2.00. The Balaban J connectivity index is 3.56. The molecular weight excluding hydrogens is 618 g/mol. The summed E-state index contributed by atoms with van der Waals surface area (Å²) in [5, 5.41) is 0. The number of hydrogen-bond acceptors (Lipinski definition) is 0. The van der Waals surface area contributed by atoms with Crippen LogP contribution in [-0.2, 0) is 11.8 Å². The second-order valence-electron chi connectivity index (χ2n) is 6.02. The maximum Gasteiger partial charge on any atom is 0.460 e. The normalized spacial score (nSPS) is 15.8. The van der Waals surface area contributed by atoms with E-state index in [0.717, 1.165) is 0 Å². The third kappa shape index (κ3) is 3.97. The minimum Gasteiger partial charge on any atom is -0.194 e. The van der Waals surface area contributed by atoms with Crippen molar-refractivity contribution in [2.75, 3.05) is 0 Å². The maximum atomic E-state index is 13.9. The largest absolute Gasteiger partial charge is 0.460 e. The van der Waals surface area contributed by atoms with Crippen molar-refractivity contribution in [1.29, 1.82) is 0 Å². The highest BCUT2D eigenvalue weighted by molar-refractivity contribution is 14.1. The molecule has 0 aliphatic heterocycles. The van der Waals surface area contributed by atoms with Gasteiger partial charge in [0.2, 0.25) is 0 Å². The number of alkyl halides is 18. The molecule has 32 heavy (non-hydrogen) atoms. The molecule has 0 nitrogen and oxygen atoms in total. The lowest BCUT2D eigenvalue weighted by molar-refractivity contribution is -0.441. The van der Waals surface area contributed by atoms with Crippen LogP contribution in [0.2, 0.25) is 0 Å². The Kier molecular flexibility index (Phi) is 6.87. The average molecular weight is 622 g/mol. The highest BCUT2D eigenvalue weighted by atomic mass is 127. The molecule has 0 fully saturated rings. The summed E-state index contributed by atoms with van der Waals surface area (Å²) in [7, 11) is 0. The van der Waals surface area contributed by atoms with Crippen molar-refractivity contribution in [2.45, 2.75) is 45.6 Å². The summed E-state index contributed by atoms with van der Waals surface area (Å²) in [4.78, 5) is 0. The molecule has 0 saturated heterocycles. The van der Waals surface area contributed by atoms with Gasteiger partial charge in [-0.15, -0.1) is 0 Å². The highest BCUT2D eigenvalue weighted by Crippen LogP contribution is 2.62. The molecule has 0 N–H and O–H groups in total. The van der Waals surface area contributed by atoms with E-state index in [1.807, 2.05) is 0 Å². The van der Waals surface area contributed by atoms with E-state index < -0.39 is 81.0 Å². The third-order valence-electron chi connectivity index (χ3n) is 3.90. The standard InChI is InChI=1S/C14H4F17I/c15-7(16,5-1-3-6(4-2-5)8(17,18)14(30,31)32)9(19,20)10(21,22)11(23,24)12(25,26)13(27,28)29/h1-4H. The van der Waals surface area contributed by atoms with Crippen molar-refractivity contribution in [3.05, 3.63) is 35.4 Å². The van der Waals surface area contributed by atoms with E-state index in [0.29, 0.717) is 0 Å². The molecule has 0 spiro atoms. The zero-order valence-corrected chi connectivity index (χ0v) is 16.3. The first-order chi connectivity index (χ1) is 13.7. The van der Waals surface area contributed by atoms with Crippen LogP contribution >= 0.6 is 22.6 Å². The minimum atomic E-state index is -8.12. The smallest absolute Gasteiger partial charge is 0.194 e. The van der Waals surface area contributed by atoms with Gasteiger partial charge in [0.1, 0.15) is 0 Å². The summed E-state index contributed by atoms with van der Waals surface area (Å²) in [5.74, 6) is -43.6. The molecule has 0 saturated carbocycles. The van der Waals surface area contributed by atoms with Gasteiger partial charge in [-0.05, 0) is 0 Å². The third-order valence-corrected chi connectivity index (χ3v) is 4.58. The topological polar surface area (TPSA) is 0 Å². The molecule has 0 aliphatic carbocycles.